The maximum atomic E-state index is 12.9. The highest BCUT2D eigenvalue weighted by atomic mass is 19.4. The molecule has 2 aromatic carbocycles. The summed E-state index contributed by atoms with van der Waals surface area (Å²) in [7, 11) is 0. The number of rotatable bonds is 5. The van der Waals surface area contributed by atoms with Crippen molar-refractivity contribution >= 4 is 12.2 Å². The maximum absolute atomic E-state index is 12.9. The lowest BCUT2D eigenvalue weighted by Gasteiger charge is -2.11. The van der Waals surface area contributed by atoms with Crippen LogP contribution in [0.1, 0.15) is 27.2 Å². The molecule has 7 heteroatoms. The second-order valence-corrected chi connectivity index (χ2v) is 5.82. The van der Waals surface area contributed by atoms with Crippen molar-refractivity contribution in [2.45, 2.75) is 12.7 Å². The third kappa shape index (κ3) is 4.44. The van der Waals surface area contributed by atoms with Gasteiger partial charge in [-0.3, -0.25) is 4.99 Å². The van der Waals surface area contributed by atoms with Gasteiger partial charge in [-0.25, -0.2) is 4.79 Å². The fourth-order valence-electron chi connectivity index (χ4n) is 2.56. The van der Waals surface area contributed by atoms with Crippen LogP contribution < -0.4 is 0 Å². The Bertz CT molecular complexity index is 973. The van der Waals surface area contributed by atoms with E-state index >= 15 is 0 Å². The van der Waals surface area contributed by atoms with Gasteiger partial charge in [-0.05, 0) is 48.0 Å². The number of benzene rings is 2. The van der Waals surface area contributed by atoms with Crippen LogP contribution in [-0.4, -0.2) is 21.9 Å². The van der Waals surface area contributed by atoms with Crippen LogP contribution >= 0.6 is 0 Å². The average Bonchev–Trinajstić information content (AvgIpc) is 3.10. The molecule has 0 unspecified atom stereocenters. The molecule has 0 aliphatic heterocycles. The van der Waals surface area contributed by atoms with Gasteiger partial charge in [0, 0.05) is 18.1 Å². The van der Waals surface area contributed by atoms with Crippen molar-refractivity contribution in [1.82, 2.24) is 4.57 Å². The van der Waals surface area contributed by atoms with E-state index in [9.17, 15) is 18.0 Å². The van der Waals surface area contributed by atoms with E-state index in [1.165, 1.54) is 18.2 Å². The molecule has 0 spiro atoms. The SMILES string of the molecule is O=C(O)c1ccc(CN=Cc2cccn2-c2cccc(C(F)(F)F)c2)cc1. The average molecular weight is 372 g/mol. The van der Waals surface area contributed by atoms with Gasteiger partial charge in [-0.15, -0.1) is 0 Å². The van der Waals surface area contributed by atoms with Crippen LogP contribution in [0.5, 0.6) is 0 Å². The van der Waals surface area contributed by atoms with Crippen LogP contribution in [0, 0.1) is 0 Å². The van der Waals surface area contributed by atoms with E-state index in [2.05, 4.69) is 4.99 Å². The van der Waals surface area contributed by atoms with Gasteiger partial charge >= 0.3 is 12.1 Å². The minimum Gasteiger partial charge on any atom is -0.478 e. The Balaban J connectivity index is 1.77. The molecular weight excluding hydrogens is 357 g/mol. The van der Waals surface area contributed by atoms with E-state index < -0.39 is 17.7 Å². The number of hydrogen-bond acceptors (Lipinski definition) is 2. The smallest absolute Gasteiger partial charge is 0.416 e. The summed E-state index contributed by atoms with van der Waals surface area (Å²) in [4.78, 5) is 15.1. The quantitative estimate of drug-likeness (QED) is 0.653. The zero-order valence-corrected chi connectivity index (χ0v) is 14.0. The molecule has 138 valence electrons. The van der Waals surface area contributed by atoms with E-state index in [4.69, 9.17) is 5.11 Å². The number of halogens is 3. The summed E-state index contributed by atoms with van der Waals surface area (Å²) in [5, 5.41) is 8.88. The maximum Gasteiger partial charge on any atom is 0.416 e. The number of carboxylic acid groups (broad SMARTS) is 1. The lowest BCUT2D eigenvalue weighted by Crippen LogP contribution is -2.06. The largest absolute Gasteiger partial charge is 0.478 e. The number of carboxylic acids is 1. The van der Waals surface area contributed by atoms with E-state index in [1.54, 1.807) is 47.3 Å². The van der Waals surface area contributed by atoms with Crippen LogP contribution in [-0.2, 0) is 12.7 Å². The van der Waals surface area contributed by atoms with Gasteiger partial charge in [-0.2, -0.15) is 13.2 Å². The van der Waals surface area contributed by atoms with E-state index in [-0.39, 0.29) is 5.56 Å². The molecule has 3 aromatic rings. The molecule has 0 bridgehead atoms. The first-order valence-corrected chi connectivity index (χ1v) is 8.01. The van der Waals surface area contributed by atoms with Crippen molar-refractivity contribution in [3.05, 3.63) is 89.2 Å². The second-order valence-electron chi connectivity index (χ2n) is 5.82. The fourth-order valence-corrected chi connectivity index (χ4v) is 2.56. The van der Waals surface area contributed by atoms with Crippen molar-refractivity contribution < 1.29 is 23.1 Å². The Kier molecular flexibility index (Phi) is 5.12. The molecule has 1 aromatic heterocycles. The predicted octanol–water partition coefficient (Wildman–Crippen LogP) is 4.81. The Labute approximate surface area is 153 Å². The van der Waals surface area contributed by atoms with Gasteiger partial charge in [0.05, 0.1) is 23.4 Å². The third-order valence-electron chi connectivity index (χ3n) is 3.93. The third-order valence-corrected chi connectivity index (χ3v) is 3.93. The normalized spacial score (nSPS) is 11.8. The second kappa shape index (κ2) is 7.49. The fraction of sp³-hybridized carbons (Fsp3) is 0.100. The highest BCUT2D eigenvalue weighted by Gasteiger charge is 2.30. The number of aromatic carboxylic acids is 1. The standard InChI is InChI=1S/C20H15F3N2O2/c21-20(22,23)16-3-1-4-17(11-16)25-10-2-5-18(25)13-24-12-14-6-8-15(9-7-14)19(26)27/h1-11,13H,12H2,(H,26,27). The van der Waals surface area contributed by atoms with Crippen molar-refractivity contribution in [2.75, 3.05) is 0 Å². The van der Waals surface area contributed by atoms with Crippen molar-refractivity contribution in [3.8, 4) is 5.69 Å². The van der Waals surface area contributed by atoms with Gasteiger partial charge < -0.3 is 9.67 Å². The lowest BCUT2D eigenvalue weighted by molar-refractivity contribution is -0.137. The van der Waals surface area contributed by atoms with Gasteiger partial charge in [0.25, 0.3) is 0 Å². The van der Waals surface area contributed by atoms with E-state index in [0.29, 0.717) is 17.9 Å². The molecule has 1 heterocycles. The summed E-state index contributed by atoms with van der Waals surface area (Å²) in [6.45, 7) is 0.327. The number of aliphatic imine (C=N–C) groups is 1. The number of carbonyl (C=O) groups is 1. The molecule has 0 saturated carbocycles. The summed E-state index contributed by atoms with van der Waals surface area (Å²) >= 11 is 0. The Morgan fingerprint density at radius 2 is 1.81 bits per heavy atom. The van der Waals surface area contributed by atoms with Gasteiger partial charge in [0.2, 0.25) is 0 Å². The van der Waals surface area contributed by atoms with E-state index in [0.717, 1.165) is 17.7 Å². The molecule has 27 heavy (non-hydrogen) atoms. The zero-order chi connectivity index (χ0) is 19.4. The van der Waals surface area contributed by atoms with Crippen molar-refractivity contribution in [1.29, 1.82) is 0 Å². The first-order valence-electron chi connectivity index (χ1n) is 8.01. The first kappa shape index (κ1) is 18.4. The zero-order valence-electron chi connectivity index (χ0n) is 14.0. The van der Waals surface area contributed by atoms with Crippen LogP contribution in [0.2, 0.25) is 0 Å². The molecule has 0 amide bonds. The highest BCUT2D eigenvalue weighted by Crippen LogP contribution is 2.30. The van der Waals surface area contributed by atoms with Crippen LogP contribution in [0.4, 0.5) is 13.2 Å². The topological polar surface area (TPSA) is 54.6 Å². The predicted molar refractivity (Wildman–Crippen MR) is 95.5 cm³/mol. The molecule has 0 aliphatic carbocycles. The number of aromatic nitrogens is 1. The Hall–Kier alpha value is -3.35. The molecule has 3 rings (SSSR count). The number of hydrogen-bond donors (Lipinski definition) is 1. The van der Waals surface area contributed by atoms with Crippen LogP contribution in [0.15, 0.2) is 71.9 Å². The summed E-state index contributed by atoms with van der Waals surface area (Å²) in [5.41, 5.74) is 1.34. The molecule has 0 fully saturated rings. The lowest BCUT2D eigenvalue weighted by atomic mass is 10.1. The first-order chi connectivity index (χ1) is 12.8. The van der Waals surface area contributed by atoms with Crippen molar-refractivity contribution in [2.24, 2.45) is 4.99 Å². The monoisotopic (exact) mass is 372 g/mol. The number of alkyl halides is 3. The van der Waals surface area contributed by atoms with Gasteiger partial charge in [0.15, 0.2) is 0 Å². The summed E-state index contributed by atoms with van der Waals surface area (Å²) in [6.07, 6.45) is -1.16. The molecule has 0 saturated heterocycles. The molecule has 0 aliphatic rings. The van der Waals surface area contributed by atoms with Gasteiger partial charge in [0.1, 0.15) is 0 Å². The minimum atomic E-state index is -4.40. The van der Waals surface area contributed by atoms with E-state index in [1.807, 2.05) is 0 Å². The summed E-state index contributed by atoms with van der Waals surface area (Å²) < 4.78 is 40.3. The van der Waals surface area contributed by atoms with Gasteiger partial charge in [-0.1, -0.05) is 18.2 Å². The molecule has 0 atom stereocenters. The van der Waals surface area contributed by atoms with Crippen LogP contribution in [0.3, 0.4) is 0 Å². The molecule has 4 nitrogen and oxygen atoms in total. The number of nitrogens with zero attached hydrogens (tertiary/aromatic N) is 2. The molecule has 1 N–H and O–H groups in total. The Morgan fingerprint density at radius 3 is 2.48 bits per heavy atom. The summed E-state index contributed by atoms with van der Waals surface area (Å²) in [6, 6.07) is 14.9. The molecular formula is C20H15F3N2O2. The minimum absolute atomic E-state index is 0.196. The van der Waals surface area contributed by atoms with Crippen molar-refractivity contribution in [3.63, 3.8) is 0 Å². The summed E-state index contributed by atoms with van der Waals surface area (Å²) in [5.74, 6) is -0.996. The highest BCUT2D eigenvalue weighted by molar-refractivity contribution is 5.87. The Morgan fingerprint density at radius 1 is 1.07 bits per heavy atom. The van der Waals surface area contributed by atoms with Crippen LogP contribution in [0.25, 0.3) is 5.69 Å². The molecule has 0 radical (unpaired) electrons.